The molecule has 0 rings (SSSR count). The maximum absolute atomic E-state index is 3.69. The normalized spacial score (nSPS) is 14.6. The van der Waals surface area contributed by atoms with Gasteiger partial charge in [0, 0.05) is 19.1 Å². The minimum Gasteiger partial charge on any atom is -0.313 e. The fourth-order valence-electron chi connectivity index (χ4n) is 2.13. The van der Waals surface area contributed by atoms with Crippen molar-refractivity contribution in [2.75, 3.05) is 27.2 Å². The summed E-state index contributed by atoms with van der Waals surface area (Å²) in [6.07, 6.45) is 3.82. The largest absolute Gasteiger partial charge is 0.313 e. The first-order chi connectivity index (χ1) is 6.91. The molecule has 1 unspecified atom stereocenters. The lowest BCUT2D eigenvalue weighted by molar-refractivity contribution is 0.222. The van der Waals surface area contributed by atoms with E-state index in [1.165, 1.54) is 19.3 Å². The van der Waals surface area contributed by atoms with Crippen molar-refractivity contribution in [3.05, 3.63) is 0 Å². The molecule has 0 fully saturated rings. The van der Waals surface area contributed by atoms with Crippen LogP contribution in [0.25, 0.3) is 0 Å². The summed E-state index contributed by atoms with van der Waals surface area (Å²) in [5.41, 5.74) is 0.366. The molecule has 0 aromatic carbocycles. The third kappa shape index (κ3) is 7.80. The van der Waals surface area contributed by atoms with E-state index in [0.717, 1.165) is 13.1 Å². The van der Waals surface area contributed by atoms with Crippen molar-refractivity contribution < 1.29 is 0 Å². The molecular weight excluding hydrogens is 184 g/mol. The smallest absolute Gasteiger partial charge is 0.00645 e. The van der Waals surface area contributed by atoms with Gasteiger partial charge < -0.3 is 10.2 Å². The molecule has 0 spiro atoms. The molecule has 0 aliphatic rings. The van der Waals surface area contributed by atoms with Crippen LogP contribution in [0.5, 0.6) is 0 Å². The summed E-state index contributed by atoms with van der Waals surface area (Å²) in [6, 6.07) is 0.705. The zero-order valence-corrected chi connectivity index (χ0v) is 11.6. The van der Waals surface area contributed by atoms with E-state index < -0.39 is 0 Å². The number of rotatable bonds is 8. The Morgan fingerprint density at radius 3 is 2.20 bits per heavy atom. The summed E-state index contributed by atoms with van der Waals surface area (Å²) >= 11 is 0. The summed E-state index contributed by atoms with van der Waals surface area (Å²) in [7, 11) is 4.29. The molecule has 2 heteroatoms. The van der Waals surface area contributed by atoms with Gasteiger partial charge in [0.05, 0.1) is 0 Å². The van der Waals surface area contributed by atoms with Crippen molar-refractivity contribution in [2.45, 2.75) is 53.0 Å². The molecule has 0 saturated carbocycles. The number of nitrogens with one attached hydrogen (secondary N) is 1. The molecule has 0 amide bonds. The van der Waals surface area contributed by atoms with Crippen molar-refractivity contribution in [2.24, 2.45) is 5.41 Å². The van der Waals surface area contributed by atoms with E-state index in [4.69, 9.17) is 0 Å². The average Bonchev–Trinajstić information content (AvgIpc) is 2.10. The molecule has 0 aliphatic carbocycles. The monoisotopic (exact) mass is 214 g/mol. The van der Waals surface area contributed by atoms with Gasteiger partial charge in [-0.3, -0.25) is 0 Å². The molecule has 2 nitrogen and oxygen atoms in total. The van der Waals surface area contributed by atoms with E-state index in [9.17, 15) is 0 Å². The molecule has 15 heavy (non-hydrogen) atoms. The van der Waals surface area contributed by atoms with Gasteiger partial charge in [0.25, 0.3) is 0 Å². The van der Waals surface area contributed by atoms with Crippen molar-refractivity contribution in [3.63, 3.8) is 0 Å². The van der Waals surface area contributed by atoms with Gasteiger partial charge >= 0.3 is 0 Å². The Bertz CT molecular complexity index is 153. The topological polar surface area (TPSA) is 15.3 Å². The van der Waals surface area contributed by atoms with Crippen molar-refractivity contribution in [1.29, 1.82) is 0 Å². The Morgan fingerprint density at radius 1 is 1.20 bits per heavy atom. The lowest BCUT2D eigenvalue weighted by Gasteiger charge is -2.30. The Kier molecular flexibility index (Phi) is 7.20. The van der Waals surface area contributed by atoms with Gasteiger partial charge in [-0.05, 0) is 32.4 Å². The number of hydrogen-bond acceptors (Lipinski definition) is 2. The standard InChI is InChI=1S/C13H30N2/c1-7-9-12(8-2)14-10-13(3,4)11-15(5)6/h12,14H,7-11H2,1-6H3. The first-order valence-corrected chi connectivity index (χ1v) is 6.29. The van der Waals surface area contributed by atoms with Crippen LogP contribution in [0.3, 0.4) is 0 Å². The van der Waals surface area contributed by atoms with E-state index in [0.29, 0.717) is 11.5 Å². The van der Waals surface area contributed by atoms with E-state index >= 15 is 0 Å². The van der Waals surface area contributed by atoms with Gasteiger partial charge in [-0.15, -0.1) is 0 Å². The molecule has 0 heterocycles. The Balaban J connectivity index is 3.89. The van der Waals surface area contributed by atoms with E-state index in [2.05, 4.69) is 52.0 Å². The van der Waals surface area contributed by atoms with Crippen molar-refractivity contribution >= 4 is 0 Å². The molecule has 0 aromatic rings. The molecule has 1 N–H and O–H groups in total. The molecule has 0 saturated heterocycles. The van der Waals surface area contributed by atoms with Gasteiger partial charge in [-0.25, -0.2) is 0 Å². The predicted octanol–water partition coefficient (Wildman–Crippen LogP) is 2.74. The van der Waals surface area contributed by atoms with Crippen LogP contribution in [-0.2, 0) is 0 Å². The molecule has 1 atom stereocenters. The van der Waals surface area contributed by atoms with Crippen LogP contribution in [-0.4, -0.2) is 38.1 Å². The highest BCUT2D eigenvalue weighted by Gasteiger charge is 2.19. The summed E-state index contributed by atoms with van der Waals surface area (Å²) in [5, 5.41) is 3.69. The second-order valence-corrected chi connectivity index (χ2v) is 5.68. The number of hydrogen-bond donors (Lipinski definition) is 1. The predicted molar refractivity (Wildman–Crippen MR) is 69.3 cm³/mol. The highest BCUT2D eigenvalue weighted by atomic mass is 15.1. The highest BCUT2D eigenvalue weighted by Crippen LogP contribution is 2.15. The van der Waals surface area contributed by atoms with E-state index in [-0.39, 0.29) is 0 Å². The lowest BCUT2D eigenvalue weighted by atomic mass is 9.92. The SMILES string of the molecule is CCCC(CC)NCC(C)(C)CN(C)C. The van der Waals surface area contributed by atoms with Crippen molar-refractivity contribution in [1.82, 2.24) is 10.2 Å². The van der Waals surface area contributed by atoms with E-state index in [1.54, 1.807) is 0 Å². The minimum atomic E-state index is 0.366. The molecule has 0 aliphatic heterocycles. The van der Waals surface area contributed by atoms with Crippen LogP contribution in [0.1, 0.15) is 47.0 Å². The maximum Gasteiger partial charge on any atom is 0.00645 e. The van der Waals surface area contributed by atoms with Crippen LogP contribution < -0.4 is 5.32 Å². The lowest BCUT2D eigenvalue weighted by Crippen LogP contribution is -2.41. The molecular formula is C13H30N2. The average molecular weight is 214 g/mol. The first kappa shape index (κ1) is 14.9. The van der Waals surface area contributed by atoms with Crippen LogP contribution in [0.15, 0.2) is 0 Å². The van der Waals surface area contributed by atoms with E-state index in [1.807, 2.05) is 0 Å². The van der Waals surface area contributed by atoms with Gasteiger partial charge in [0.15, 0.2) is 0 Å². The zero-order valence-electron chi connectivity index (χ0n) is 11.6. The highest BCUT2D eigenvalue weighted by molar-refractivity contribution is 4.76. The van der Waals surface area contributed by atoms with Gasteiger partial charge in [-0.1, -0.05) is 34.1 Å². The Labute approximate surface area is 96.4 Å². The number of nitrogens with zero attached hydrogens (tertiary/aromatic N) is 1. The summed E-state index contributed by atoms with van der Waals surface area (Å²) in [5.74, 6) is 0. The fraction of sp³-hybridized carbons (Fsp3) is 1.00. The molecule has 0 radical (unpaired) electrons. The summed E-state index contributed by atoms with van der Waals surface area (Å²) in [4.78, 5) is 2.27. The quantitative estimate of drug-likeness (QED) is 0.668. The molecule has 92 valence electrons. The molecule has 0 bridgehead atoms. The Hall–Kier alpha value is -0.0800. The third-order valence-electron chi connectivity index (χ3n) is 2.74. The second kappa shape index (κ2) is 7.24. The minimum absolute atomic E-state index is 0.366. The Morgan fingerprint density at radius 2 is 1.80 bits per heavy atom. The summed E-state index contributed by atoms with van der Waals surface area (Å²) < 4.78 is 0. The fourth-order valence-corrected chi connectivity index (χ4v) is 2.13. The maximum atomic E-state index is 3.69. The van der Waals surface area contributed by atoms with Crippen LogP contribution in [0.4, 0.5) is 0 Å². The van der Waals surface area contributed by atoms with Crippen LogP contribution in [0, 0.1) is 5.41 Å². The zero-order chi connectivity index (χ0) is 11.9. The second-order valence-electron chi connectivity index (χ2n) is 5.68. The molecule has 0 aromatic heterocycles. The van der Waals surface area contributed by atoms with Gasteiger partial charge in [0.1, 0.15) is 0 Å². The van der Waals surface area contributed by atoms with Crippen LogP contribution >= 0.6 is 0 Å². The van der Waals surface area contributed by atoms with Crippen LogP contribution in [0.2, 0.25) is 0 Å². The van der Waals surface area contributed by atoms with Gasteiger partial charge in [-0.2, -0.15) is 0 Å². The van der Waals surface area contributed by atoms with Gasteiger partial charge in [0.2, 0.25) is 0 Å². The first-order valence-electron chi connectivity index (χ1n) is 6.29. The summed E-state index contributed by atoms with van der Waals surface area (Å²) in [6.45, 7) is 11.4. The van der Waals surface area contributed by atoms with Crippen molar-refractivity contribution in [3.8, 4) is 0 Å². The third-order valence-corrected chi connectivity index (χ3v) is 2.74.